The van der Waals surface area contributed by atoms with E-state index in [1.165, 1.54) is 0 Å². The average Bonchev–Trinajstić information content (AvgIpc) is 3.05. The second kappa shape index (κ2) is 6.72. The van der Waals surface area contributed by atoms with E-state index in [9.17, 15) is 4.79 Å². The number of hydrogen-bond donors (Lipinski definition) is 2. The lowest BCUT2D eigenvalue weighted by molar-refractivity contribution is 0.102. The van der Waals surface area contributed by atoms with Crippen LogP contribution in [-0.4, -0.2) is 51.4 Å². The number of pyridine rings is 1. The first-order chi connectivity index (χ1) is 12.6. The van der Waals surface area contributed by atoms with Crippen LogP contribution in [0, 0.1) is 13.8 Å². The van der Waals surface area contributed by atoms with Gasteiger partial charge in [-0.3, -0.25) is 9.78 Å². The Balaban J connectivity index is 1.50. The van der Waals surface area contributed by atoms with Crippen molar-refractivity contribution >= 4 is 23.1 Å². The number of nitrogens with zero attached hydrogens (tertiary/aromatic N) is 5. The molecule has 0 atom stereocenters. The molecule has 1 amide bonds. The molecule has 134 valence electrons. The molecular formula is C18H21N7O. The van der Waals surface area contributed by atoms with E-state index in [0.29, 0.717) is 11.5 Å². The van der Waals surface area contributed by atoms with Crippen molar-refractivity contribution in [2.24, 2.45) is 0 Å². The number of carbonyl (C=O) groups is 1. The normalized spacial score (nSPS) is 14.6. The van der Waals surface area contributed by atoms with Crippen LogP contribution in [0.2, 0.25) is 0 Å². The molecule has 3 aromatic rings. The Hall–Kier alpha value is -3.00. The fraction of sp³-hybridized carbons (Fsp3) is 0.333. The third-order valence-electron chi connectivity index (χ3n) is 4.43. The number of hydrogen-bond acceptors (Lipinski definition) is 6. The molecule has 1 saturated heterocycles. The number of aromatic nitrogens is 4. The van der Waals surface area contributed by atoms with Crippen molar-refractivity contribution in [2.75, 3.05) is 36.4 Å². The molecule has 1 aliphatic heterocycles. The molecular weight excluding hydrogens is 330 g/mol. The molecule has 0 unspecified atom stereocenters. The first kappa shape index (κ1) is 16.5. The Morgan fingerprint density at radius 3 is 2.69 bits per heavy atom. The summed E-state index contributed by atoms with van der Waals surface area (Å²) in [6, 6.07) is 3.69. The van der Waals surface area contributed by atoms with Crippen LogP contribution >= 0.6 is 0 Å². The van der Waals surface area contributed by atoms with E-state index in [0.717, 1.165) is 48.9 Å². The fourth-order valence-electron chi connectivity index (χ4n) is 3.18. The monoisotopic (exact) mass is 351 g/mol. The van der Waals surface area contributed by atoms with E-state index >= 15 is 0 Å². The Bertz CT molecular complexity index is 942. The molecule has 26 heavy (non-hydrogen) atoms. The number of imidazole rings is 1. The maximum Gasteiger partial charge on any atom is 0.275 e. The number of carbonyl (C=O) groups excluding carboxylic acids is 1. The van der Waals surface area contributed by atoms with Crippen LogP contribution in [0.4, 0.5) is 11.5 Å². The first-order valence-electron chi connectivity index (χ1n) is 8.66. The second-order valence-electron chi connectivity index (χ2n) is 6.42. The van der Waals surface area contributed by atoms with Gasteiger partial charge in [-0.15, -0.1) is 0 Å². The SMILES string of the molecule is Cc1cn2cc(NC(=O)c3ccc(N4CCNCC4)cn3)nc2c(C)n1. The third-order valence-corrected chi connectivity index (χ3v) is 4.43. The van der Waals surface area contributed by atoms with Crippen LogP contribution in [-0.2, 0) is 0 Å². The van der Waals surface area contributed by atoms with Crippen LogP contribution in [0.15, 0.2) is 30.7 Å². The van der Waals surface area contributed by atoms with Crippen molar-refractivity contribution in [1.82, 2.24) is 24.7 Å². The number of nitrogens with one attached hydrogen (secondary N) is 2. The zero-order valence-electron chi connectivity index (χ0n) is 14.9. The zero-order valence-corrected chi connectivity index (χ0v) is 14.9. The summed E-state index contributed by atoms with van der Waals surface area (Å²) in [6.07, 6.45) is 5.41. The molecule has 0 radical (unpaired) electrons. The largest absolute Gasteiger partial charge is 0.368 e. The smallest absolute Gasteiger partial charge is 0.275 e. The first-order valence-corrected chi connectivity index (χ1v) is 8.66. The van der Waals surface area contributed by atoms with E-state index in [4.69, 9.17) is 0 Å². The van der Waals surface area contributed by atoms with Crippen molar-refractivity contribution in [3.05, 3.63) is 47.8 Å². The number of fused-ring (bicyclic) bond motifs is 1. The number of anilines is 2. The van der Waals surface area contributed by atoms with Gasteiger partial charge in [0, 0.05) is 32.4 Å². The van der Waals surface area contributed by atoms with Gasteiger partial charge in [0.2, 0.25) is 0 Å². The van der Waals surface area contributed by atoms with Crippen LogP contribution in [0.5, 0.6) is 0 Å². The van der Waals surface area contributed by atoms with Crippen LogP contribution in [0.1, 0.15) is 21.9 Å². The summed E-state index contributed by atoms with van der Waals surface area (Å²) in [5.41, 5.74) is 3.85. The minimum absolute atomic E-state index is 0.275. The zero-order chi connectivity index (χ0) is 18.1. The molecule has 3 aromatic heterocycles. The third kappa shape index (κ3) is 3.23. The van der Waals surface area contributed by atoms with Crippen molar-refractivity contribution in [1.29, 1.82) is 0 Å². The van der Waals surface area contributed by atoms with E-state index in [1.807, 2.05) is 30.5 Å². The summed E-state index contributed by atoms with van der Waals surface area (Å²) in [5, 5.41) is 6.13. The van der Waals surface area contributed by atoms with Gasteiger partial charge in [-0.25, -0.2) is 9.97 Å². The molecule has 4 rings (SSSR count). The average molecular weight is 351 g/mol. The summed E-state index contributed by atoms with van der Waals surface area (Å²) in [6.45, 7) is 7.64. The van der Waals surface area contributed by atoms with Gasteiger partial charge >= 0.3 is 0 Å². The molecule has 0 spiro atoms. The van der Waals surface area contributed by atoms with Gasteiger partial charge < -0.3 is 19.9 Å². The van der Waals surface area contributed by atoms with Gasteiger partial charge in [-0.2, -0.15) is 0 Å². The van der Waals surface area contributed by atoms with Gasteiger partial charge in [0.25, 0.3) is 5.91 Å². The van der Waals surface area contributed by atoms with E-state index in [-0.39, 0.29) is 5.91 Å². The number of amides is 1. The van der Waals surface area contributed by atoms with Gasteiger partial charge in [-0.05, 0) is 26.0 Å². The number of aryl methyl sites for hydroxylation is 2. The van der Waals surface area contributed by atoms with Gasteiger partial charge in [0.05, 0.1) is 29.5 Å². The molecule has 2 N–H and O–H groups in total. The quantitative estimate of drug-likeness (QED) is 0.742. The van der Waals surface area contributed by atoms with E-state index < -0.39 is 0 Å². The summed E-state index contributed by atoms with van der Waals surface area (Å²) < 4.78 is 1.87. The molecule has 0 aliphatic carbocycles. The molecule has 0 saturated carbocycles. The summed E-state index contributed by atoms with van der Waals surface area (Å²) in [7, 11) is 0. The van der Waals surface area contributed by atoms with Crippen molar-refractivity contribution in [3.63, 3.8) is 0 Å². The maximum absolute atomic E-state index is 12.5. The summed E-state index contributed by atoms with van der Waals surface area (Å²) in [5.74, 6) is 0.209. The standard InChI is InChI=1S/C18H21N7O/c1-12-10-25-11-16(22-17(25)13(2)21-12)23-18(26)15-4-3-14(9-20-15)24-7-5-19-6-8-24/h3-4,9-11,19H,5-8H2,1-2H3,(H,23,26). The highest BCUT2D eigenvalue weighted by Crippen LogP contribution is 2.16. The molecule has 0 bridgehead atoms. The molecule has 1 aliphatic rings. The lowest BCUT2D eigenvalue weighted by atomic mass is 10.2. The molecule has 8 nitrogen and oxygen atoms in total. The Morgan fingerprint density at radius 1 is 1.15 bits per heavy atom. The minimum Gasteiger partial charge on any atom is -0.368 e. The van der Waals surface area contributed by atoms with Crippen LogP contribution in [0.3, 0.4) is 0 Å². The van der Waals surface area contributed by atoms with Gasteiger partial charge in [0.1, 0.15) is 5.69 Å². The number of piperazine rings is 1. The minimum atomic E-state index is -0.275. The summed E-state index contributed by atoms with van der Waals surface area (Å²) >= 11 is 0. The van der Waals surface area contributed by atoms with Gasteiger partial charge in [0.15, 0.2) is 11.5 Å². The van der Waals surface area contributed by atoms with Crippen LogP contribution in [0.25, 0.3) is 5.65 Å². The number of rotatable bonds is 3. The van der Waals surface area contributed by atoms with Crippen molar-refractivity contribution in [2.45, 2.75) is 13.8 Å². The second-order valence-corrected chi connectivity index (χ2v) is 6.42. The highest BCUT2D eigenvalue weighted by atomic mass is 16.1. The van der Waals surface area contributed by atoms with Crippen molar-refractivity contribution in [3.8, 4) is 0 Å². The topological polar surface area (TPSA) is 87.5 Å². The fourth-order valence-corrected chi connectivity index (χ4v) is 3.18. The lowest BCUT2D eigenvalue weighted by Crippen LogP contribution is -2.43. The van der Waals surface area contributed by atoms with E-state index in [2.05, 4.69) is 30.5 Å². The maximum atomic E-state index is 12.5. The Morgan fingerprint density at radius 2 is 1.96 bits per heavy atom. The molecule has 8 heteroatoms. The molecule has 0 aromatic carbocycles. The Kier molecular flexibility index (Phi) is 4.26. The lowest BCUT2D eigenvalue weighted by Gasteiger charge is -2.29. The predicted molar refractivity (Wildman–Crippen MR) is 99.7 cm³/mol. The Labute approximate surface area is 151 Å². The highest BCUT2D eigenvalue weighted by molar-refractivity contribution is 6.02. The summed E-state index contributed by atoms with van der Waals surface area (Å²) in [4.78, 5) is 27.9. The van der Waals surface area contributed by atoms with Gasteiger partial charge in [-0.1, -0.05) is 0 Å². The van der Waals surface area contributed by atoms with Crippen LogP contribution < -0.4 is 15.5 Å². The van der Waals surface area contributed by atoms with E-state index in [1.54, 1.807) is 18.5 Å². The highest BCUT2D eigenvalue weighted by Gasteiger charge is 2.14. The predicted octanol–water partition coefficient (Wildman–Crippen LogP) is 1.40. The van der Waals surface area contributed by atoms with Crippen molar-refractivity contribution < 1.29 is 4.79 Å². The molecule has 1 fully saturated rings. The molecule has 4 heterocycles.